The Morgan fingerprint density at radius 1 is 1.17 bits per heavy atom. The van der Waals surface area contributed by atoms with Gasteiger partial charge in [-0.1, -0.05) is 30.4 Å². The number of para-hydroxylation sites is 1. The minimum Gasteiger partial charge on any atom is -0.480 e. The zero-order chi connectivity index (χ0) is 17.7. The summed E-state index contributed by atoms with van der Waals surface area (Å²) in [6, 6.07) is 10.3. The highest BCUT2D eigenvalue weighted by molar-refractivity contribution is 7.67. The fourth-order valence-electron chi connectivity index (χ4n) is 2.23. The zero-order valence-electron chi connectivity index (χ0n) is 12.7. The van der Waals surface area contributed by atoms with Gasteiger partial charge >= 0.3 is 11.9 Å². The van der Waals surface area contributed by atoms with Crippen LogP contribution in [0.5, 0.6) is 0 Å². The van der Waals surface area contributed by atoms with E-state index in [4.69, 9.17) is 10.2 Å². The second kappa shape index (κ2) is 7.10. The number of rotatable bonds is 2. The standard InChI is InChI=1S/C9H8O5S.C8H7N/c1-9(8(12)13)4-2-3-5(7(10)11)6(9)15-14;1-2-4-8-7(3-1)5-6-9-8/h2-4H,1H3,(H,10,11)(H,12,13);1-6,9H. The summed E-state index contributed by atoms with van der Waals surface area (Å²) >= 11 is -0.0971. The lowest BCUT2D eigenvalue weighted by Gasteiger charge is -2.24. The fraction of sp³-hybridized carbons (Fsp3) is 0.118. The number of aromatic nitrogens is 1. The summed E-state index contributed by atoms with van der Waals surface area (Å²) in [5.74, 6) is -2.55. The lowest BCUT2D eigenvalue weighted by Crippen LogP contribution is -2.38. The first kappa shape index (κ1) is 17.4. The lowest BCUT2D eigenvalue weighted by atomic mass is 9.80. The van der Waals surface area contributed by atoms with Gasteiger partial charge in [-0.3, -0.25) is 4.79 Å². The molecule has 1 aliphatic carbocycles. The number of hydrogen-bond donors (Lipinski definition) is 3. The Morgan fingerprint density at radius 3 is 2.46 bits per heavy atom. The molecule has 1 aliphatic rings. The summed E-state index contributed by atoms with van der Waals surface area (Å²) in [6.07, 6.45) is 5.79. The van der Waals surface area contributed by atoms with Crippen LogP contribution in [0.3, 0.4) is 0 Å². The van der Waals surface area contributed by atoms with E-state index in [0.29, 0.717) is 0 Å². The van der Waals surface area contributed by atoms with E-state index in [-0.39, 0.29) is 21.7 Å². The van der Waals surface area contributed by atoms with Crippen LogP contribution in [-0.4, -0.2) is 36.2 Å². The van der Waals surface area contributed by atoms with Gasteiger partial charge in [-0.25, -0.2) is 9.00 Å². The van der Waals surface area contributed by atoms with Crippen molar-refractivity contribution in [3.05, 3.63) is 60.3 Å². The molecule has 1 atom stereocenters. The van der Waals surface area contributed by atoms with Crippen LogP contribution in [0.1, 0.15) is 6.92 Å². The molecule has 24 heavy (non-hydrogen) atoms. The molecule has 0 amide bonds. The summed E-state index contributed by atoms with van der Waals surface area (Å²) in [6.45, 7) is 1.29. The average Bonchev–Trinajstić information content (AvgIpc) is 3.03. The molecule has 7 heteroatoms. The number of fused-ring (bicyclic) bond motifs is 1. The molecule has 1 heterocycles. The maximum absolute atomic E-state index is 11.0. The molecule has 124 valence electrons. The highest BCUT2D eigenvalue weighted by Gasteiger charge is 2.41. The lowest BCUT2D eigenvalue weighted by molar-refractivity contribution is -0.141. The van der Waals surface area contributed by atoms with Gasteiger partial charge in [0.25, 0.3) is 0 Å². The molecule has 0 saturated heterocycles. The third-order valence-corrected chi connectivity index (χ3v) is 4.44. The predicted octanol–water partition coefficient (Wildman–Crippen LogP) is 2.21. The Hall–Kier alpha value is -2.93. The van der Waals surface area contributed by atoms with Gasteiger partial charge in [0.2, 0.25) is 0 Å². The van der Waals surface area contributed by atoms with Crippen molar-refractivity contribution < 1.29 is 24.0 Å². The number of carbonyl (C=O) groups is 2. The van der Waals surface area contributed by atoms with Crippen LogP contribution in [0.4, 0.5) is 0 Å². The first-order valence-corrected chi connectivity index (χ1v) is 7.70. The Balaban J connectivity index is 0.000000194. The van der Waals surface area contributed by atoms with E-state index in [1.54, 1.807) is 0 Å². The molecule has 0 saturated carbocycles. The van der Waals surface area contributed by atoms with Gasteiger partial charge in [0.15, 0.2) is 0 Å². The van der Waals surface area contributed by atoms with Gasteiger partial charge in [0, 0.05) is 11.7 Å². The number of carboxylic acid groups (broad SMARTS) is 2. The van der Waals surface area contributed by atoms with Crippen molar-refractivity contribution in [1.82, 2.24) is 4.98 Å². The summed E-state index contributed by atoms with van der Waals surface area (Å²) in [7, 11) is 0. The van der Waals surface area contributed by atoms with E-state index >= 15 is 0 Å². The van der Waals surface area contributed by atoms with Crippen LogP contribution >= 0.6 is 0 Å². The number of carboxylic acids is 2. The van der Waals surface area contributed by atoms with Gasteiger partial charge in [-0.05, 0) is 30.5 Å². The van der Waals surface area contributed by atoms with E-state index in [0.717, 1.165) is 0 Å². The molecular formula is C17H15NO5S. The molecule has 0 radical (unpaired) electrons. The summed E-state index contributed by atoms with van der Waals surface area (Å²) < 4.78 is 10.8. The third-order valence-electron chi connectivity index (χ3n) is 3.63. The number of nitrogens with one attached hydrogen (secondary N) is 1. The molecule has 1 unspecified atom stereocenters. The first-order chi connectivity index (χ1) is 11.4. The van der Waals surface area contributed by atoms with E-state index in [1.807, 2.05) is 18.3 Å². The second-order valence-electron chi connectivity index (χ2n) is 5.23. The number of hydrogen-bond acceptors (Lipinski definition) is 3. The molecule has 3 N–H and O–H groups in total. The molecule has 0 aliphatic heterocycles. The van der Waals surface area contributed by atoms with E-state index in [2.05, 4.69) is 23.2 Å². The van der Waals surface area contributed by atoms with Crippen molar-refractivity contribution in [2.45, 2.75) is 6.92 Å². The Kier molecular flexibility index (Phi) is 5.15. The van der Waals surface area contributed by atoms with Crippen molar-refractivity contribution in [1.29, 1.82) is 0 Å². The van der Waals surface area contributed by atoms with Gasteiger partial charge in [-0.2, -0.15) is 0 Å². The maximum atomic E-state index is 11.0. The molecule has 0 fully saturated rings. The second-order valence-corrected chi connectivity index (χ2v) is 5.80. The fourth-order valence-corrected chi connectivity index (χ4v) is 2.80. The van der Waals surface area contributed by atoms with Crippen LogP contribution in [0.2, 0.25) is 0 Å². The summed E-state index contributed by atoms with van der Waals surface area (Å²) in [5.41, 5.74) is -0.602. The number of aliphatic carboxylic acids is 2. The topological polar surface area (TPSA) is 107 Å². The van der Waals surface area contributed by atoms with Crippen molar-refractivity contribution in [3.63, 3.8) is 0 Å². The van der Waals surface area contributed by atoms with Crippen molar-refractivity contribution in [2.75, 3.05) is 0 Å². The van der Waals surface area contributed by atoms with Gasteiger partial charge in [0.05, 0.1) is 21.7 Å². The molecule has 0 bridgehead atoms. The van der Waals surface area contributed by atoms with E-state index in [1.165, 1.54) is 36.1 Å². The number of H-pyrrole nitrogens is 1. The van der Waals surface area contributed by atoms with Gasteiger partial charge in [0.1, 0.15) is 5.41 Å². The maximum Gasteiger partial charge on any atom is 0.336 e. The summed E-state index contributed by atoms with van der Waals surface area (Å²) in [5, 5.41) is 19.0. The molecule has 1 aromatic heterocycles. The molecule has 1 aromatic carbocycles. The van der Waals surface area contributed by atoms with E-state index < -0.39 is 17.4 Å². The smallest absolute Gasteiger partial charge is 0.336 e. The van der Waals surface area contributed by atoms with Crippen LogP contribution in [0.15, 0.2) is 60.3 Å². The van der Waals surface area contributed by atoms with Crippen LogP contribution in [0, 0.1) is 5.41 Å². The summed E-state index contributed by atoms with van der Waals surface area (Å²) in [4.78, 5) is 24.7. The molecule has 3 rings (SSSR count). The normalized spacial score (nSPS) is 19.2. The SMILES string of the molecule is CC1(C(=O)O)C=CC=C(C(=O)O)C1=S=O.c1ccc2[nH]ccc2c1. The van der Waals surface area contributed by atoms with Crippen LogP contribution < -0.4 is 0 Å². The number of aromatic amines is 1. The monoisotopic (exact) mass is 345 g/mol. The molecule has 2 aromatic rings. The van der Waals surface area contributed by atoms with Gasteiger partial charge < -0.3 is 15.2 Å². The minimum absolute atomic E-state index is 0.0971. The number of benzene rings is 1. The van der Waals surface area contributed by atoms with Crippen LogP contribution in [-0.2, 0) is 20.8 Å². The zero-order valence-corrected chi connectivity index (χ0v) is 13.5. The van der Waals surface area contributed by atoms with Crippen LogP contribution in [0.25, 0.3) is 10.9 Å². The van der Waals surface area contributed by atoms with E-state index in [9.17, 15) is 13.8 Å². The highest BCUT2D eigenvalue weighted by atomic mass is 32.1. The van der Waals surface area contributed by atoms with Crippen molar-refractivity contribution in [2.24, 2.45) is 5.41 Å². The molecule has 0 spiro atoms. The highest BCUT2D eigenvalue weighted by Crippen LogP contribution is 2.28. The molecular weight excluding hydrogens is 330 g/mol. The average molecular weight is 345 g/mol. The largest absolute Gasteiger partial charge is 0.480 e. The minimum atomic E-state index is -1.55. The van der Waals surface area contributed by atoms with Gasteiger partial charge in [-0.15, -0.1) is 0 Å². The molecule has 6 nitrogen and oxygen atoms in total. The third kappa shape index (κ3) is 3.36. The Bertz CT molecular complexity index is 874. The first-order valence-electron chi connectivity index (χ1n) is 6.96. The number of allylic oxidation sites excluding steroid dienone is 2. The van der Waals surface area contributed by atoms with Crippen molar-refractivity contribution >= 4 is 39.0 Å². The Labute approximate surface area is 141 Å². The predicted molar refractivity (Wildman–Crippen MR) is 92.0 cm³/mol. The van der Waals surface area contributed by atoms with Crippen molar-refractivity contribution in [3.8, 4) is 0 Å². The quantitative estimate of drug-likeness (QED) is 0.723. The Morgan fingerprint density at radius 2 is 1.88 bits per heavy atom.